The summed E-state index contributed by atoms with van der Waals surface area (Å²) in [7, 11) is 0. The lowest BCUT2D eigenvalue weighted by Gasteiger charge is -1.95. The van der Waals surface area contributed by atoms with Gasteiger partial charge in [-0.3, -0.25) is 10.9 Å². The zero-order valence-corrected chi connectivity index (χ0v) is 4.91. The van der Waals surface area contributed by atoms with Gasteiger partial charge in [0.05, 0.1) is 0 Å². The Morgan fingerprint density at radius 3 is 1.43 bits per heavy atom. The second-order valence-electron chi connectivity index (χ2n) is 1.06. The second-order valence-corrected chi connectivity index (χ2v) is 1.06. The molecule has 0 saturated carbocycles. The molecule has 0 unspecified atom stereocenters. The van der Waals surface area contributed by atoms with Gasteiger partial charge in [0.25, 0.3) is 0 Å². The average Bonchev–Trinajstić information content (AvgIpc) is 1.61. The van der Waals surface area contributed by atoms with Crippen LogP contribution in [0.15, 0.2) is 0 Å². The van der Waals surface area contributed by atoms with Crippen LogP contribution in [0.3, 0.4) is 0 Å². The van der Waals surface area contributed by atoms with E-state index in [9.17, 15) is 0 Å². The van der Waals surface area contributed by atoms with E-state index in [4.69, 9.17) is 0 Å². The van der Waals surface area contributed by atoms with Gasteiger partial charge < -0.3 is 5.48 Å². The Balaban J connectivity index is 0. The van der Waals surface area contributed by atoms with Crippen molar-refractivity contribution in [3.05, 3.63) is 0 Å². The number of rotatable bonds is 3. The Kier molecular flexibility index (Phi) is 13.3. The first-order chi connectivity index (χ1) is 2.91. The highest BCUT2D eigenvalue weighted by Gasteiger charge is 1.67. The molecule has 0 atom stereocenters. The molecular weight excluding hydrogens is 92.1 g/mol. The molecule has 46 valence electrons. The molecule has 0 bridgehead atoms. The van der Waals surface area contributed by atoms with E-state index in [2.05, 4.69) is 24.7 Å². The predicted molar refractivity (Wildman–Crippen MR) is 31.0 cm³/mol. The summed E-state index contributed by atoms with van der Waals surface area (Å²) >= 11 is 0. The second kappa shape index (κ2) is 9.30. The van der Waals surface area contributed by atoms with Crippen molar-refractivity contribution in [3.8, 4) is 0 Å². The van der Waals surface area contributed by atoms with Gasteiger partial charge in [0.1, 0.15) is 0 Å². The van der Waals surface area contributed by atoms with Crippen LogP contribution in [-0.4, -0.2) is 18.6 Å². The van der Waals surface area contributed by atoms with Crippen molar-refractivity contribution in [2.24, 2.45) is 0 Å². The SMILES string of the molecule is CCNNCC.O. The summed E-state index contributed by atoms with van der Waals surface area (Å²) in [6.07, 6.45) is 0. The fourth-order valence-corrected chi connectivity index (χ4v) is 0.250. The van der Waals surface area contributed by atoms with Crippen molar-refractivity contribution >= 4 is 0 Å². The van der Waals surface area contributed by atoms with Gasteiger partial charge in [0, 0.05) is 13.1 Å². The minimum Gasteiger partial charge on any atom is -0.412 e. The van der Waals surface area contributed by atoms with Crippen LogP contribution in [0.2, 0.25) is 0 Å². The van der Waals surface area contributed by atoms with E-state index in [-0.39, 0.29) is 5.48 Å². The van der Waals surface area contributed by atoms with Crippen molar-refractivity contribution in [1.82, 2.24) is 10.9 Å². The van der Waals surface area contributed by atoms with Crippen molar-refractivity contribution in [1.29, 1.82) is 0 Å². The minimum absolute atomic E-state index is 0. The van der Waals surface area contributed by atoms with Gasteiger partial charge in [-0.25, -0.2) is 0 Å². The smallest absolute Gasteiger partial charge is 0.00713 e. The van der Waals surface area contributed by atoms with Crippen LogP contribution < -0.4 is 10.9 Å². The largest absolute Gasteiger partial charge is 0.412 e. The van der Waals surface area contributed by atoms with Crippen LogP contribution in [0.25, 0.3) is 0 Å². The maximum absolute atomic E-state index is 2.95. The van der Waals surface area contributed by atoms with Crippen molar-refractivity contribution < 1.29 is 5.48 Å². The normalized spacial score (nSPS) is 7.71. The summed E-state index contributed by atoms with van der Waals surface area (Å²) in [5, 5.41) is 0. The molecule has 3 heteroatoms. The van der Waals surface area contributed by atoms with Gasteiger partial charge in [0.15, 0.2) is 0 Å². The first-order valence-corrected chi connectivity index (χ1v) is 2.37. The maximum atomic E-state index is 2.95. The van der Waals surface area contributed by atoms with Gasteiger partial charge in [-0.15, -0.1) is 0 Å². The lowest BCUT2D eigenvalue weighted by Crippen LogP contribution is -2.30. The summed E-state index contributed by atoms with van der Waals surface area (Å²) < 4.78 is 0. The van der Waals surface area contributed by atoms with Crippen LogP contribution in [-0.2, 0) is 0 Å². The quantitative estimate of drug-likeness (QED) is 0.369. The van der Waals surface area contributed by atoms with Gasteiger partial charge in [0.2, 0.25) is 0 Å². The standard InChI is InChI=1S/C4H12N2.H2O/c1-3-5-6-4-2;/h5-6H,3-4H2,1-2H3;1H2. The third kappa shape index (κ3) is 10.7. The van der Waals surface area contributed by atoms with Crippen LogP contribution in [0.1, 0.15) is 13.8 Å². The van der Waals surface area contributed by atoms with E-state index in [0.29, 0.717) is 0 Å². The molecule has 3 nitrogen and oxygen atoms in total. The Morgan fingerprint density at radius 2 is 1.29 bits per heavy atom. The Bertz CT molecular complexity index is 21.7. The van der Waals surface area contributed by atoms with Crippen LogP contribution in [0, 0.1) is 0 Å². The molecule has 0 aromatic heterocycles. The topological polar surface area (TPSA) is 55.6 Å². The molecule has 0 saturated heterocycles. The Labute approximate surface area is 44.4 Å². The summed E-state index contributed by atoms with van der Waals surface area (Å²) in [6.45, 7) is 6.10. The molecule has 0 spiro atoms. The summed E-state index contributed by atoms with van der Waals surface area (Å²) in [4.78, 5) is 0. The summed E-state index contributed by atoms with van der Waals surface area (Å²) in [5.74, 6) is 0. The molecule has 0 aromatic carbocycles. The van der Waals surface area contributed by atoms with E-state index in [0.717, 1.165) is 13.1 Å². The molecule has 4 N–H and O–H groups in total. The van der Waals surface area contributed by atoms with Gasteiger partial charge >= 0.3 is 0 Å². The predicted octanol–water partition coefficient (Wildman–Crippen LogP) is -0.704. The van der Waals surface area contributed by atoms with Crippen LogP contribution >= 0.6 is 0 Å². The Hall–Kier alpha value is -0.120. The number of hydrazine groups is 1. The fourth-order valence-electron chi connectivity index (χ4n) is 0.250. The lowest BCUT2D eigenvalue weighted by atomic mass is 10.8. The maximum Gasteiger partial charge on any atom is 0.00713 e. The molecule has 0 amide bonds. The van der Waals surface area contributed by atoms with Gasteiger partial charge in [-0.05, 0) is 0 Å². The number of hydrogen-bond donors (Lipinski definition) is 2. The zero-order chi connectivity index (χ0) is 4.83. The molecule has 0 rings (SSSR count). The fraction of sp³-hybridized carbons (Fsp3) is 1.00. The number of hydrogen-bond acceptors (Lipinski definition) is 2. The molecule has 0 fully saturated rings. The number of nitrogens with one attached hydrogen (secondary N) is 2. The highest BCUT2D eigenvalue weighted by atomic mass is 16.0. The minimum atomic E-state index is 0. The molecule has 0 heterocycles. The van der Waals surface area contributed by atoms with Gasteiger partial charge in [-0.2, -0.15) is 0 Å². The van der Waals surface area contributed by atoms with E-state index < -0.39 is 0 Å². The van der Waals surface area contributed by atoms with Crippen molar-refractivity contribution in [2.75, 3.05) is 13.1 Å². The summed E-state index contributed by atoms with van der Waals surface area (Å²) in [6, 6.07) is 0. The molecule has 0 radical (unpaired) electrons. The monoisotopic (exact) mass is 106 g/mol. The van der Waals surface area contributed by atoms with Crippen molar-refractivity contribution in [2.45, 2.75) is 13.8 Å². The third-order valence-corrected chi connectivity index (χ3v) is 0.479. The highest BCUT2D eigenvalue weighted by Crippen LogP contribution is 1.44. The lowest BCUT2D eigenvalue weighted by molar-refractivity contribution is 0.573. The highest BCUT2D eigenvalue weighted by molar-refractivity contribution is 4.25. The third-order valence-electron chi connectivity index (χ3n) is 0.479. The van der Waals surface area contributed by atoms with Crippen LogP contribution in [0.5, 0.6) is 0 Å². The molecule has 0 aromatic rings. The molecular formula is C4H14N2O. The first kappa shape index (κ1) is 9.99. The van der Waals surface area contributed by atoms with Crippen molar-refractivity contribution in [3.63, 3.8) is 0 Å². The molecule has 0 aliphatic carbocycles. The van der Waals surface area contributed by atoms with Gasteiger partial charge in [-0.1, -0.05) is 13.8 Å². The zero-order valence-electron chi connectivity index (χ0n) is 4.91. The van der Waals surface area contributed by atoms with Crippen LogP contribution in [0.4, 0.5) is 0 Å². The van der Waals surface area contributed by atoms with E-state index in [1.54, 1.807) is 0 Å². The molecule has 7 heavy (non-hydrogen) atoms. The van der Waals surface area contributed by atoms with E-state index >= 15 is 0 Å². The summed E-state index contributed by atoms with van der Waals surface area (Å²) in [5.41, 5.74) is 5.90. The molecule has 0 aliphatic rings. The van der Waals surface area contributed by atoms with E-state index in [1.807, 2.05) is 0 Å². The Morgan fingerprint density at radius 1 is 1.00 bits per heavy atom. The van der Waals surface area contributed by atoms with E-state index in [1.165, 1.54) is 0 Å². The first-order valence-electron chi connectivity index (χ1n) is 2.37. The average molecular weight is 106 g/mol. The molecule has 0 aliphatic heterocycles.